The van der Waals surface area contributed by atoms with Gasteiger partial charge in [-0.3, -0.25) is 4.68 Å². The second-order valence-corrected chi connectivity index (χ2v) is 5.92. The number of hydrogen-bond donors (Lipinski definition) is 1. The molecule has 0 amide bonds. The molecule has 0 saturated carbocycles. The van der Waals surface area contributed by atoms with Crippen LogP contribution in [0, 0.1) is 17.5 Å². The summed E-state index contributed by atoms with van der Waals surface area (Å²) in [6.45, 7) is 2.62. The van der Waals surface area contributed by atoms with Crippen LogP contribution in [0.15, 0.2) is 22.8 Å². The molecule has 0 atom stereocenters. The molecule has 4 nitrogen and oxygen atoms in total. The van der Waals surface area contributed by atoms with Crippen LogP contribution in [-0.2, 0) is 13.6 Å². The van der Waals surface area contributed by atoms with E-state index in [2.05, 4.69) is 26.0 Å². The molecule has 0 fully saturated rings. The Balaban J connectivity index is 2.16. The van der Waals surface area contributed by atoms with E-state index < -0.39 is 0 Å². The summed E-state index contributed by atoms with van der Waals surface area (Å²) >= 11 is 8.54. The van der Waals surface area contributed by atoms with Crippen LogP contribution < -0.4 is 0 Å². The molecule has 1 aromatic carbocycles. The Labute approximate surface area is 128 Å². The molecule has 20 heavy (non-hydrogen) atoms. The molecule has 104 valence electrons. The summed E-state index contributed by atoms with van der Waals surface area (Å²) in [7, 11) is 1.90. The van der Waals surface area contributed by atoms with E-state index >= 15 is 0 Å². The zero-order valence-electron chi connectivity index (χ0n) is 10.9. The van der Waals surface area contributed by atoms with E-state index in [0.29, 0.717) is 21.3 Å². The number of aromatic nitrogens is 4. The average molecular weight is 355 g/mol. The van der Waals surface area contributed by atoms with Crippen LogP contribution in [0.25, 0.3) is 11.0 Å². The van der Waals surface area contributed by atoms with Gasteiger partial charge in [0, 0.05) is 24.4 Å². The Morgan fingerprint density at radius 3 is 2.85 bits per heavy atom. The second-order valence-electron chi connectivity index (χ2n) is 4.68. The molecule has 0 unspecified atom stereocenters. The normalized spacial score (nSPS) is 11.4. The van der Waals surface area contributed by atoms with Gasteiger partial charge in [-0.05, 0) is 41.1 Å². The number of H-pyrrole nitrogens is 1. The third-order valence-corrected chi connectivity index (χ3v) is 4.41. The van der Waals surface area contributed by atoms with Crippen molar-refractivity contribution >= 4 is 39.2 Å². The summed E-state index contributed by atoms with van der Waals surface area (Å²) in [5.74, 6) is -0.307. The molecular formula is C13H12BrFN4S. The Morgan fingerprint density at radius 1 is 1.45 bits per heavy atom. The fourth-order valence-electron chi connectivity index (χ4n) is 2.18. The maximum Gasteiger partial charge on any atom is 0.178 e. The first kappa shape index (κ1) is 13.5. The van der Waals surface area contributed by atoms with Crippen LogP contribution in [0.2, 0.25) is 0 Å². The van der Waals surface area contributed by atoms with Crippen LogP contribution in [0.5, 0.6) is 0 Å². The molecule has 0 aliphatic carbocycles. The summed E-state index contributed by atoms with van der Waals surface area (Å²) in [4.78, 5) is 3.03. The second kappa shape index (κ2) is 4.82. The van der Waals surface area contributed by atoms with Gasteiger partial charge in [-0.25, -0.2) is 4.39 Å². The van der Waals surface area contributed by atoms with Gasteiger partial charge in [-0.1, -0.05) is 0 Å². The largest absolute Gasteiger partial charge is 0.330 e. The Bertz CT molecular complexity index is 861. The minimum atomic E-state index is -0.307. The molecule has 2 heterocycles. The number of hydrogen-bond acceptors (Lipinski definition) is 2. The molecule has 0 spiro atoms. The number of imidazole rings is 1. The lowest BCUT2D eigenvalue weighted by Crippen LogP contribution is -2.01. The Hall–Kier alpha value is -1.47. The van der Waals surface area contributed by atoms with Gasteiger partial charge in [0.05, 0.1) is 28.2 Å². The first-order chi connectivity index (χ1) is 9.47. The van der Waals surface area contributed by atoms with Gasteiger partial charge in [-0.2, -0.15) is 5.10 Å². The predicted molar refractivity (Wildman–Crippen MR) is 81.8 cm³/mol. The SMILES string of the molecule is Cc1c(Cn2c(=S)[nH]c3cc(F)c(Br)cc32)cnn1C. The number of nitrogens with one attached hydrogen (secondary N) is 1. The van der Waals surface area contributed by atoms with Crippen LogP contribution in [0.1, 0.15) is 11.3 Å². The number of nitrogens with zero attached hydrogens (tertiary/aromatic N) is 3. The zero-order chi connectivity index (χ0) is 14.4. The minimum absolute atomic E-state index is 0.307. The molecular weight excluding hydrogens is 343 g/mol. The lowest BCUT2D eigenvalue weighted by molar-refractivity contribution is 0.622. The van der Waals surface area contributed by atoms with E-state index in [1.54, 1.807) is 6.07 Å². The highest BCUT2D eigenvalue weighted by Crippen LogP contribution is 2.24. The van der Waals surface area contributed by atoms with Crippen molar-refractivity contribution in [2.24, 2.45) is 7.05 Å². The van der Waals surface area contributed by atoms with E-state index in [1.165, 1.54) is 6.07 Å². The molecule has 0 aliphatic rings. The molecule has 2 aromatic heterocycles. The Morgan fingerprint density at radius 2 is 2.20 bits per heavy atom. The van der Waals surface area contributed by atoms with Gasteiger partial charge in [-0.15, -0.1) is 0 Å². The number of fused-ring (bicyclic) bond motifs is 1. The molecule has 0 aliphatic heterocycles. The number of halogens is 2. The van der Waals surface area contributed by atoms with Crippen LogP contribution in [0.4, 0.5) is 4.39 Å². The highest BCUT2D eigenvalue weighted by atomic mass is 79.9. The third-order valence-electron chi connectivity index (χ3n) is 3.48. The van der Waals surface area contributed by atoms with Crippen LogP contribution in [-0.4, -0.2) is 19.3 Å². The molecule has 0 saturated heterocycles. The summed E-state index contributed by atoms with van der Waals surface area (Å²) < 4.78 is 18.3. The molecule has 0 radical (unpaired) electrons. The number of aromatic amines is 1. The first-order valence-corrected chi connectivity index (χ1v) is 7.22. The van der Waals surface area contributed by atoms with Crippen molar-refractivity contribution in [1.82, 2.24) is 19.3 Å². The van der Waals surface area contributed by atoms with Gasteiger partial charge in [0.2, 0.25) is 0 Å². The lowest BCUT2D eigenvalue weighted by atomic mass is 10.2. The third kappa shape index (κ3) is 2.10. The minimum Gasteiger partial charge on any atom is -0.330 e. The molecule has 0 bridgehead atoms. The fourth-order valence-corrected chi connectivity index (χ4v) is 2.78. The van der Waals surface area contributed by atoms with Crippen LogP contribution >= 0.6 is 28.1 Å². The maximum atomic E-state index is 13.6. The fraction of sp³-hybridized carbons (Fsp3) is 0.231. The van der Waals surface area contributed by atoms with Gasteiger partial charge in [0.15, 0.2) is 4.77 Å². The van der Waals surface area contributed by atoms with Crippen molar-refractivity contribution in [3.63, 3.8) is 0 Å². The number of aryl methyl sites for hydroxylation is 1. The van der Waals surface area contributed by atoms with E-state index in [9.17, 15) is 4.39 Å². The first-order valence-electron chi connectivity index (χ1n) is 6.02. The molecule has 3 rings (SSSR count). The highest BCUT2D eigenvalue weighted by Gasteiger charge is 2.11. The van der Waals surface area contributed by atoms with Crippen molar-refractivity contribution in [3.05, 3.63) is 44.6 Å². The topological polar surface area (TPSA) is 38.5 Å². The Kier molecular flexibility index (Phi) is 3.25. The van der Waals surface area contributed by atoms with Gasteiger partial charge in [0.1, 0.15) is 5.82 Å². The van der Waals surface area contributed by atoms with Crippen LogP contribution in [0.3, 0.4) is 0 Å². The van der Waals surface area contributed by atoms with Gasteiger partial charge in [0.25, 0.3) is 0 Å². The van der Waals surface area contributed by atoms with Gasteiger partial charge >= 0.3 is 0 Å². The highest BCUT2D eigenvalue weighted by molar-refractivity contribution is 9.10. The summed E-state index contributed by atoms with van der Waals surface area (Å²) in [5, 5.41) is 4.23. The zero-order valence-corrected chi connectivity index (χ0v) is 13.3. The smallest absolute Gasteiger partial charge is 0.178 e. The molecule has 3 aromatic rings. The summed E-state index contributed by atoms with van der Waals surface area (Å²) in [6, 6.07) is 3.19. The lowest BCUT2D eigenvalue weighted by Gasteiger charge is -2.05. The van der Waals surface area contributed by atoms with Gasteiger partial charge < -0.3 is 9.55 Å². The predicted octanol–water partition coefficient (Wildman–Crippen LogP) is 3.69. The van der Waals surface area contributed by atoms with Crippen molar-refractivity contribution < 1.29 is 4.39 Å². The summed E-state index contributed by atoms with van der Waals surface area (Å²) in [6.07, 6.45) is 1.83. The van der Waals surface area contributed by atoms with E-state index in [-0.39, 0.29) is 5.82 Å². The van der Waals surface area contributed by atoms with E-state index in [0.717, 1.165) is 16.8 Å². The van der Waals surface area contributed by atoms with Crippen molar-refractivity contribution in [1.29, 1.82) is 0 Å². The quantitative estimate of drug-likeness (QED) is 0.712. The standard InChI is InChI=1S/C13H12BrFN4S/c1-7-8(5-16-18(7)2)6-19-12-3-9(14)10(15)4-11(12)17-13(19)20/h3-5H,6H2,1-2H3,(H,17,20). The van der Waals surface area contributed by atoms with E-state index in [4.69, 9.17) is 12.2 Å². The average Bonchev–Trinajstić information content (AvgIpc) is 2.86. The monoisotopic (exact) mass is 354 g/mol. The van der Waals surface area contributed by atoms with Crippen molar-refractivity contribution in [2.75, 3.05) is 0 Å². The van der Waals surface area contributed by atoms with E-state index in [1.807, 2.05) is 29.4 Å². The molecule has 1 N–H and O–H groups in total. The number of benzene rings is 1. The van der Waals surface area contributed by atoms with Crippen molar-refractivity contribution in [3.8, 4) is 0 Å². The summed E-state index contributed by atoms with van der Waals surface area (Å²) in [5.41, 5.74) is 3.73. The maximum absolute atomic E-state index is 13.6. The number of rotatable bonds is 2. The van der Waals surface area contributed by atoms with Crippen molar-refractivity contribution in [2.45, 2.75) is 13.5 Å². The molecule has 7 heteroatoms.